The van der Waals surface area contributed by atoms with Gasteiger partial charge in [0.1, 0.15) is 0 Å². The second-order valence-electron chi connectivity index (χ2n) is 13.6. The molecule has 1 aliphatic rings. The van der Waals surface area contributed by atoms with Gasteiger partial charge in [0.15, 0.2) is 0 Å². The lowest BCUT2D eigenvalue weighted by molar-refractivity contribution is 0.554. The van der Waals surface area contributed by atoms with Gasteiger partial charge in [-0.1, -0.05) is 98.7 Å². The molecular formula is C29H49PSi. The summed E-state index contributed by atoms with van der Waals surface area (Å²) in [5.74, 6) is 0. The van der Waals surface area contributed by atoms with Crippen LogP contribution in [0.2, 0.25) is 18.6 Å². The van der Waals surface area contributed by atoms with Crippen molar-refractivity contribution in [3.8, 4) is 0 Å². The molecule has 0 spiro atoms. The van der Waals surface area contributed by atoms with Gasteiger partial charge in [-0.25, -0.2) is 0 Å². The van der Waals surface area contributed by atoms with Crippen LogP contribution in [0.5, 0.6) is 0 Å². The lowest BCUT2D eigenvalue weighted by Gasteiger charge is -2.38. The minimum atomic E-state index is -1.59. The summed E-state index contributed by atoms with van der Waals surface area (Å²) in [7, 11) is -0.681. The first kappa shape index (κ1) is 26.6. The Morgan fingerprint density at radius 1 is 0.645 bits per heavy atom. The van der Waals surface area contributed by atoms with Gasteiger partial charge in [0.2, 0.25) is 0 Å². The minimum absolute atomic E-state index is 0.144. The summed E-state index contributed by atoms with van der Waals surface area (Å²) in [5.41, 5.74) is 12.1. The van der Waals surface area contributed by atoms with Crippen molar-refractivity contribution in [1.29, 1.82) is 0 Å². The molecule has 0 radical (unpaired) electrons. The number of hydrogen-bond acceptors (Lipinski definition) is 0. The lowest BCUT2D eigenvalue weighted by Crippen LogP contribution is -2.36. The highest BCUT2D eigenvalue weighted by atomic mass is 31.3. The molecule has 1 unspecified atom stereocenters. The second kappa shape index (κ2) is 8.29. The van der Waals surface area contributed by atoms with Gasteiger partial charge < -0.3 is 0 Å². The SMILES string of the molecule is CC1=C(C)C([Si](C)(C)Pc2c(C(C)(C)C)cc(C(C)(C)C)cc2C(C)(C)C)C(C)=C1C. The Hall–Kier alpha value is -0.653. The summed E-state index contributed by atoms with van der Waals surface area (Å²) in [6.45, 7) is 36.3. The summed E-state index contributed by atoms with van der Waals surface area (Å²) >= 11 is 0. The van der Waals surface area contributed by atoms with E-state index in [2.05, 4.69) is 115 Å². The van der Waals surface area contributed by atoms with Crippen LogP contribution in [0, 0.1) is 0 Å². The molecule has 1 aromatic carbocycles. The quantitative estimate of drug-likeness (QED) is 0.314. The molecule has 1 atom stereocenters. The van der Waals surface area contributed by atoms with E-state index in [-0.39, 0.29) is 16.2 Å². The van der Waals surface area contributed by atoms with Gasteiger partial charge in [-0.3, -0.25) is 0 Å². The van der Waals surface area contributed by atoms with Crippen LogP contribution in [-0.4, -0.2) is 7.74 Å². The van der Waals surface area contributed by atoms with Gasteiger partial charge in [0.25, 0.3) is 0 Å². The molecule has 0 nitrogen and oxygen atoms in total. The highest BCUT2D eigenvalue weighted by molar-refractivity contribution is 7.87. The van der Waals surface area contributed by atoms with Crippen LogP contribution in [0.4, 0.5) is 0 Å². The Bertz CT molecular complexity index is 862. The largest absolute Gasteiger partial charge is 0.101 e. The first-order chi connectivity index (χ1) is 13.7. The van der Waals surface area contributed by atoms with E-state index in [1.54, 1.807) is 38.7 Å². The Morgan fingerprint density at radius 2 is 1.00 bits per heavy atom. The fourth-order valence-corrected chi connectivity index (χ4v) is 14.2. The molecule has 1 aromatic rings. The monoisotopic (exact) mass is 456 g/mol. The van der Waals surface area contributed by atoms with E-state index in [0.29, 0.717) is 5.54 Å². The zero-order valence-corrected chi connectivity index (χ0v) is 25.2. The van der Waals surface area contributed by atoms with Crippen LogP contribution in [0.15, 0.2) is 34.4 Å². The fourth-order valence-electron chi connectivity index (χ4n) is 5.22. The van der Waals surface area contributed by atoms with E-state index in [9.17, 15) is 0 Å². The maximum atomic E-state index is 2.64. The third-order valence-corrected chi connectivity index (χ3v) is 14.7. The zero-order valence-electron chi connectivity index (χ0n) is 23.2. The molecule has 2 heteroatoms. The molecular weight excluding hydrogens is 407 g/mol. The van der Waals surface area contributed by atoms with Crippen molar-refractivity contribution in [2.24, 2.45) is 0 Å². The fraction of sp³-hybridized carbons (Fsp3) is 0.655. The Balaban J connectivity index is 2.78. The summed E-state index contributed by atoms with van der Waals surface area (Å²) < 4.78 is 0. The van der Waals surface area contributed by atoms with E-state index in [0.717, 1.165) is 8.13 Å². The van der Waals surface area contributed by atoms with Crippen LogP contribution in [0.3, 0.4) is 0 Å². The summed E-state index contributed by atoms with van der Waals surface area (Å²) in [6, 6.07) is 5.11. The van der Waals surface area contributed by atoms with Crippen molar-refractivity contribution in [2.75, 3.05) is 0 Å². The van der Waals surface area contributed by atoms with Crippen molar-refractivity contribution in [3.63, 3.8) is 0 Å². The molecule has 31 heavy (non-hydrogen) atoms. The standard InChI is InChI=1S/C29H49PSi/c1-18-19(2)21(4)26(20(18)3)31(14,15)30-25-23(28(8,9)10)16-22(27(5,6)7)17-24(25)29(11,12)13/h16-17,26,30H,1-15H3. The van der Waals surface area contributed by atoms with E-state index in [4.69, 9.17) is 0 Å². The average molecular weight is 457 g/mol. The van der Waals surface area contributed by atoms with Gasteiger partial charge in [-0.05, 0) is 77.1 Å². The van der Waals surface area contributed by atoms with Crippen molar-refractivity contribution in [2.45, 2.75) is 125 Å². The first-order valence-corrected chi connectivity index (χ1v) is 17.1. The molecule has 0 bridgehead atoms. The molecule has 0 N–H and O–H groups in total. The van der Waals surface area contributed by atoms with Crippen molar-refractivity contribution < 1.29 is 0 Å². The van der Waals surface area contributed by atoms with Gasteiger partial charge >= 0.3 is 0 Å². The number of allylic oxidation sites excluding steroid dienone is 4. The van der Waals surface area contributed by atoms with Crippen LogP contribution in [-0.2, 0) is 16.2 Å². The predicted octanol–water partition coefficient (Wildman–Crippen LogP) is 9.14. The Morgan fingerprint density at radius 3 is 1.29 bits per heavy atom. The molecule has 0 saturated carbocycles. The van der Waals surface area contributed by atoms with Crippen molar-refractivity contribution in [1.82, 2.24) is 0 Å². The molecule has 1 aliphatic carbocycles. The van der Waals surface area contributed by atoms with Crippen molar-refractivity contribution >= 4 is 21.2 Å². The molecule has 0 saturated heterocycles. The van der Waals surface area contributed by atoms with E-state index in [1.165, 1.54) is 5.56 Å². The molecule has 2 rings (SSSR count). The highest BCUT2D eigenvalue weighted by Crippen LogP contribution is 2.53. The zero-order chi connectivity index (χ0) is 24.3. The molecule has 174 valence electrons. The van der Waals surface area contributed by atoms with Gasteiger partial charge in [0, 0.05) is 5.54 Å². The van der Waals surface area contributed by atoms with E-state index < -0.39 is 7.74 Å². The van der Waals surface area contributed by atoms with Crippen LogP contribution in [0.25, 0.3) is 0 Å². The third kappa shape index (κ3) is 5.30. The maximum absolute atomic E-state index is 2.64. The minimum Gasteiger partial charge on any atom is -0.101 e. The topological polar surface area (TPSA) is 0 Å². The highest BCUT2D eigenvalue weighted by Gasteiger charge is 2.41. The van der Waals surface area contributed by atoms with E-state index >= 15 is 0 Å². The Labute approximate surface area is 197 Å². The van der Waals surface area contributed by atoms with Crippen LogP contribution >= 0.6 is 8.13 Å². The predicted molar refractivity (Wildman–Crippen MR) is 148 cm³/mol. The lowest BCUT2D eigenvalue weighted by atomic mass is 9.75. The maximum Gasteiger partial charge on any atom is 0.0880 e. The normalized spacial score (nSPS) is 17.6. The average Bonchev–Trinajstić information content (AvgIpc) is 2.75. The van der Waals surface area contributed by atoms with Gasteiger partial charge in [0.05, 0.1) is 7.74 Å². The molecule has 0 heterocycles. The number of hydrogen-bond donors (Lipinski definition) is 0. The van der Waals surface area contributed by atoms with Crippen LogP contribution in [0.1, 0.15) is 107 Å². The summed E-state index contributed by atoms with van der Waals surface area (Å²) in [4.78, 5) is 0. The molecule has 0 aromatic heterocycles. The van der Waals surface area contributed by atoms with Gasteiger partial charge in [-0.2, -0.15) is 0 Å². The molecule has 0 fully saturated rings. The summed E-state index contributed by atoms with van der Waals surface area (Å²) in [6.07, 6.45) is 0. The third-order valence-electron chi connectivity index (χ3n) is 7.40. The molecule has 0 aliphatic heterocycles. The van der Waals surface area contributed by atoms with Crippen LogP contribution < -0.4 is 5.30 Å². The van der Waals surface area contributed by atoms with Gasteiger partial charge in [-0.15, -0.1) is 8.13 Å². The Kier molecular flexibility index (Phi) is 7.11. The number of rotatable bonds is 3. The summed E-state index contributed by atoms with van der Waals surface area (Å²) in [5, 5.41) is 1.67. The number of benzene rings is 1. The second-order valence-corrected chi connectivity index (χ2v) is 23.0. The smallest absolute Gasteiger partial charge is 0.0880 e. The molecule has 0 amide bonds. The van der Waals surface area contributed by atoms with Crippen molar-refractivity contribution in [3.05, 3.63) is 51.1 Å². The first-order valence-electron chi connectivity index (χ1n) is 12.0. The van der Waals surface area contributed by atoms with E-state index in [1.807, 2.05) is 0 Å².